The zero-order valence-electron chi connectivity index (χ0n) is 17.4. The Balaban J connectivity index is 1.48. The summed E-state index contributed by atoms with van der Waals surface area (Å²) in [5.74, 6) is 0.300. The number of hydrogen-bond donors (Lipinski definition) is 0. The zero-order valence-corrected chi connectivity index (χ0v) is 19.0. The number of thiazole rings is 1. The number of benzene rings is 1. The molecule has 1 aliphatic heterocycles. The van der Waals surface area contributed by atoms with Crippen molar-refractivity contribution in [1.29, 1.82) is 0 Å². The normalized spacial score (nSPS) is 19.4. The van der Waals surface area contributed by atoms with Crippen molar-refractivity contribution in [3.8, 4) is 0 Å². The van der Waals surface area contributed by atoms with E-state index in [0.717, 1.165) is 49.0 Å². The lowest BCUT2D eigenvalue weighted by Gasteiger charge is -2.36. The van der Waals surface area contributed by atoms with Gasteiger partial charge in [-0.1, -0.05) is 37.5 Å². The van der Waals surface area contributed by atoms with Crippen LogP contribution in [0.4, 0.5) is 0 Å². The van der Waals surface area contributed by atoms with E-state index in [-0.39, 0.29) is 21.6 Å². The molecule has 7 nitrogen and oxygen atoms in total. The van der Waals surface area contributed by atoms with Crippen LogP contribution in [-0.4, -0.2) is 54.3 Å². The second-order valence-electron chi connectivity index (χ2n) is 8.21. The van der Waals surface area contributed by atoms with Crippen LogP contribution in [0.1, 0.15) is 45.4 Å². The molecule has 2 heterocycles. The van der Waals surface area contributed by atoms with E-state index < -0.39 is 10.0 Å². The van der Waals surface area contributed by atoms with Crippen LogP contribution >= 0.6 is 11.3 Å². The summed E-state index contributed by atoms with van der Waals surface area (Å²) in [6, 6.07) is 4.94. The molecule has 0 unspecified atom stereocenters. The van der Waals surface area contributed by atoms with Crippen LogP contribution in [0.15, 0.2) is 27.9 Å². The Hall–Kier alpha value is -1.71. The van der Waals surface area contributed by atoms with Crippen molar-refractivity contribution in [1.82, 2.24) is 13.8 Å². The first-order valence-electron chi connectivity index (χ1n) is 10.8. The first kappa shape index (κ1) is 21.5. The van der Waals surface area contributed by atoms with Gasteiger partial charge >= 0.3 is 4.87 Å². The van der Waals surface area contributed by atoms with Gasteiger partial charge in [0.05, 0.1) is 15.1 Å². The van der Waals surface area contributed by atoms with E-state index >= 15 is 0 Å². The topological polar surface area (TPSA) is 79.7 Å². The average Bonchev–Trinajstić information content (AvgIpc) is 3.08. The molecule has 0 radical (unpaired) electrons. The quantitative estimate of drug-likeness (QED) is 0.700. The van der Waals surface area contributed by atoms with Gasteiger partial charge < -0.3 is 4.90 Å². The average molecular weight is 452 g/mol. The number of piperazine rings is 1. The number of amides is 1. The van der Waals surface area contributed by atoms with E-state index in [1.165, 1.54) is 10.7 Å². The predicted molar refractivity (Wildman–Crippen MR) is 118 cm³/mol. The number of fused-ring (bicyclic) bond motifs is 1. The van der Waals surface area contributed by atoms with E-state index in [4.69, 9.17) is 0 Å². The second-order valence-corrected chi connectivity index (χ2v) is 11.1. The highest BCUT2D eigenvalue weighted by molar-refractivity contribution is 7.89. The Kier molecular flexibility index (Phi) is 6.31. The van der Waals surface area contributed by atoms with Crippen LogP contribution in [0, 0.1) is 5.92 Å². The zero-order chi connectivity index (χ0) is 21.3. The number of carbonyl (C=O) groups is 1. The van der Waals surface area contributed by atoms with Gasteiger partial charge in [-0.05, 0) is 37.5 Å². The molecule has 0 bridgehead atoms. The van der Waals surface area contributed by atoms with Gasteiger partial charge in [-0.25, -0.2) is 8.42 Å². The predicted octanol–water partition coefficient (Wildman–Crippen LogP) is 2.89. The third kappa shape index (κ3) is 4.07. The van der Waals surface area contributed by atoms with E-state index in [1.807, 2.05) is 11.8 Å². The molecule has 0 spiro atoms. The highest BCUT2D eigenvalue weighted by Gasteiger charge is 2.33. The fourth-order valence-electron chi connectivity index (χ4n) is 4.55. The molecule has 0 N–H and O–H groups in total. The van der Waals surface area contributed by atoms with Crippen LogP contribution in [0.25, 0.3) is 10.2 Å². The number of nitrogens with zero attached hydrogens (tertiary/aromatic N) is 3. The molecular weight excluding hydrogens is 422 g/mol. The maximum Gasteiger partial charge on any atom is 0.308 e. The largest absolute Gasteiger partial charge is 0.340 e. The molecule has 1 aromatic carbocycles. The highest BCUT2D eigenvalue weighted by atomic mass is 32.2. The Morgan fingerprint density at radius 3 is 2.47 bits per heavy atom. The minimum Gasteiger partial charge on any atom is -0.340 e. The summed E-state index contributed by atoms with van der Waals surface area (Å²) >= 11 is 1.09. The number of aryl methyl sites for hydroxylation is 1. The fourth-order valence-corrected chi connectivity index (χ4v) is 7.03. The van der Waals surface area contributed by atoms with Crippen molar-refractivity contribution >= 4 is 37.5 Å². The molecule has 1 saturated heterocycles. The maximum absolute atomic E-state index is 13.2. The van der Waals surface area contributed by atoms with E-state index in [0.29, 0.717) is 37.4 Å². The summed E-state index contributed by atoms with van der Waals surface area (Å²) in [6.07, 6.45) is 6.18. The second kappa shape index (κ2) is 8.80. The first-order chi connectivity index (χ1) is 14.4. The smallest absolute Gasteiger partial charge is 0.308 e. The van der Waals surface area contributed by atoms with Crippen LogP contribution < -0.4 is 4.87 Å². The molecule has 2 aliphatic rings. The van der Waals surface area contributed by atoms with Crippen LogP contribution in [0.3, 0.4) is 0 Å². The van der Waals surface area contributed by atoms with E-state index in [2.05, 4.69) is 0 Å². The van der Waals surface area contributed by atoms with Crippen LogP contribution in [-0.2, 0) is 21.4 Å². The van der Waals surface area contributed by atoms with Crippen molar-refractivity contribution in [2.24, 2.45) is 5.92 Å². The van der Waals surface area contributed by atoms with Crippen molar-refractivity contribution in [3.63, 3.8) is 0 Å². The van der Waals surface area contributed by atoms with Gasteiger partial charge in [-0.3, -0.25) is 14.2 Å². The first-order valence-corrected chi connectivity index (χ1v) is 13.1. The molecule has 2 aromatic rings. The SMILES string of the molecule is CCCn1c(=O)sc2cc(S(=O)(=O)N3CCN(C(=O)C4CCCCC4)CC3)ccc21. The third-order valence-corrected chi connectivity index (χ3v) is 9.07. The van der Waals surface area contributed by atoms with Crippen molar-refractivity contribution in [2.75, 3.05) is 26.2 Å². The van der Waals surface area contributed by atoms with Gasteiger partial charge in [0, 0.05) is 38.6 Å². The summed E-state index contributed by atoms with van der Waals surface area (Å²) in [5, 5.41) is 0. The molecule has 1 aliphatic carbocycles. The number of sulfonamides is 1. The molecular formula is C21H29N3O4S2. The highest BCUT2D eigenvalue weighted by Crippen LogP contribution is 2.27. The Morgan fingerprint density at radius 1 is 1.10 bits per heavy atom. The van der Waals surface area contributed by atoms with Crippen molar-refractivity contribution < 1.29 is 13.2 Å². The monoisotopic (exact) mass is 451 g/mol. The van der Waals surface area contributed by atoms with Gasteiger partial charge in [0.1, 0.15) is 0 Å². The van der Waals surface area contributed by atoms with Gasteiger partial charge in [-0.2, -0.15) is 4.31 Å². The number of hydrogen-bond acceptors (Lipinski definition) is 5. The van der Waals surface area contributed by atoms with Gasteiger partial charge in [0.25, 0.3) is 0 Å². The van der Waals surface area contributed by atoms with E-state index in [9.17, 15) is 18.0 Å². The van der Waals surface area contributed by atoms with Crippen molar-refractivity contribution in [3.05, 3.63) is 27.9 Å². The summed E-state index contributed by atoms with van der Waals surface area (Å²) in [5.41, 5.74) is 0.786. The maximum atomic E-state index is 13.2. The Bertz CT molecular complexity index is 1080. The standard InChI is InChI=1S/C21H29N3O4S2/c1-2-10-24-18-9-8-17(15-19(18)29-21(24)26)30(27,28)23-13-11-22(12-14-23)20(25)16-6-4-3-5-7-16/h8-9,15-16H,2-7,10-14H2,1H3. The molecule has 1 amide bonds. The summed E-state index contributed by atoms with van der Waals surface area (Å²) < 4.78 is 30.2. The van der Waals surface area contributed by atoms with Gasteiger partial charge in [-0.15, -0.1) is 0 Å². The van der Waals surface area contributed by atoms with Crippen LogP contribution in [0.5, 0.6) is 0 Å². The Morgan fingerprint density at radius 2 is 1.80 bits per heavy atom. The third-order valence-electron chi connectivity index (χ3n) is 6.23. The minimum atomic E-state index is -3.65. The lowest BCUT2D eigenvalue weighted by molar-refractivity contribution is -0.137. The molecule has 2 fully saturated rings. The lowest BCUT2D eigenvalue weighted by atomic mass is 9.88. The minimum absolute atomic E-state index is 0.0590. The molecule has 1 aromatic heterocycles. The van der Waals surface area contributed by atoms with Gasteiger partial charge in [0.2, 0.25) is 15.9 Å². The summed E-state index contributed by atoms with van der Waals surface area (Å²) in [4.78, 5) is 26.9. The van der Waals surface area contributed by atoms with Crippen LogP contribution in [0.2, 0.25) is 0 Å². The number of aromatic nitrogens is 1. The molecule has 30 heavy (non-hydrogen) atoms. The lowest BCUT2D eigenvalue weighted by Crippen LogP contribution is -2.52. The molecule has 164 valence electrons. The summed E-state index contributed by atoms with van der Waals surface area (Å²) in [6.45, 7) is 4.14. The molecule has 9 heteroatoms. The fraction of sp³-hybridized carbons (Fsp3) is 0.619. The van der Waals surface area contributed by atoms with Gasteiger partial charge in [0.15, 0.2) is 0 Å². The number of carbonyl (C=O) groups excluding carboxylic acids is 1. The molecule has 1 saturated carbocycles. The summed E-state index contributed by atoms with van der Waals surface area (Å²) in [7, 11) is -3.65. The number of rotatable bonds is 5. The van der Waals surface area contributed by atoms with Crippen molar-refractivity contribution in [2.45, 2.75) is 56.9 Å². The van der Waals surface area contributed by atoms with E-state index in [1.54, 1.807) is 22.8 Å². The molecule has 0 atom stereocenters. The molecule has 4 rings (SSSR count). The Labute approximate surface area is 181 Å².